The average molecular weight is 392 g/mol. The number of H-pyrrole nitrogens is 1. The van der Waals surface area contributed by atoms with Crippen LogP contribution in [0.25, 0.3) is 0 Å². The van der Waals surface area contributed by atoms with Gasteiger partial charge in [0.1, 0.15) is 5.69 Å². The molecule has 0 unspecified atom stereocenters. The van der Waals surface area contributed by atoms with E-state index in [1.54, 1.807) is 45.9 Å². The molecule has 0 aliphatic heterocycles. The largest absolute Gasteiger partial charge is 0.464 e. The molecule has 1 N–H and O–H groups in total. The molecule has 8 heteroatoms. The van der Waals surface area contributed by atoms with Gasteiger partial charge in [-0.05, 0) is 38.5 Å². The zero-order valence-corrected chi connectivity index (χ0v) is 16.9. The lowest BCUT2D eigenvalue weighted by Gasteiger charge is -2.26. The molecule has 0 aliphatic carbocycles. The number of ether oxygens (including phenoxy) is 1. The molecule has 0 saturated carbocycles. The van der Waals surface area contributed by atoms with Crippen LogP contribution in [0, 0.1) is 13.8 Å². The molecule has 0 bridgehead atoms. The molecule has 0 aliphatic rings. The van der Waals surface area contributed by atoms with E-state index in [9.17, 15) is 18.0 Å². The second kappa shape index (κ2) is 8.06. The Balaban J connectivity index is 2.44. The molecule has 2 rings (SSSR count). The fraction of sp³-hybridized carbons (Fsp3) is 0.368. The predicted octanol–water partition coefficient (Wildman–Crippen LogP) is 2.70. The lowest BCUT2D eigenvalue weighted by atomic mass is 10.0. The molecular formula is C19H24N2O5S. The highest BCUT2D eigenvalue weighted by Gasteiger charge is 2.34. The number of ketones is 1. The summed E-state index contributed by atoms with van der Waals surface area (Å²) in [4.78, 5) is 28.0. The van der Waals surface area contributed by atoms with Crippen molar-refractivity contribution in [2.24, 2.45) is 0 Å². The van der Waals surface area contributed by atoms with Crippen molar-refractivity contribution in [3.8, 4) is 0 Å². The quantitative estimate of drug-likeness (QED) is 0.577. The zero-order chi connectivity index (χ0) is 20.4. The molecule has 0 amide bonds. The summed E-state index contributed by atoms with van der Waals surface area (Å²) >= 11 is 0. The fourth-order valence-corrected chi connectivity index (χ4v) is 4.77. The minimum Gasteiger partial charge on any atom is -0.464 e. The van der Waals surface area contributed by atoms with Crippen LogP contribution in [0.2, 0.25) is 0 Å². The maximum absolute atomic E-state index is 13.1. The summed E-state index contributed by atoms with van der Waals surface area (Å²) in [5, 5.41) is 0. The number of aryl methyl sites for hydroxylation is 1. The van der Waals surface area contributed by atoms with Crippen molar-refractivity contribution in [2.45, 2.75) is 38.6 Å². The van der Waals surface area contributed by atoms with Crippen molar-refractivity contribution in [1.29, 1.82) is 0 Å². The van der Waals surface area contributed by atoms with Gasteiger partial charge in [-0.25, -0.2) is 13.2 Å². The fourth-order valence-electron chi connectivity index (χ4n) is 3.15. The summed E-state index contributed by atoms with van der Waals surface area (Å²) in [6.07, 6.45) is 0. The Hall–Kier alpha value is -2.45. The van der Waals surface area contributed by atoms with Crippen LogP contribution in [-0.2, 0) is 14.8 Å². The lowest BCUT2D eigenvalue weighted by Crippen LogP contribution is -2.43. The molecule has 1 atom stereocenters. The number of carbonyl (C=O) groups excluding carboxylic acids is 2. The third-order valence-electron chi connectivity index (χ3n) is 4.55. The van der Waals surface area contributed by atoms with Gasteiger partial charge >= 0.3 is 5.97 Å². The Labute approximate surface area is 159 Å². The van der Waals surface area contributed by atoms with E-state index in [-0.39, 0.29) is 22.9 Å². The summed E-state index contributed by atoms with van der Waals surface area (Å²) in [6, 6.07) is 7.06. The number of likely N-dealkylation sites (N-methyl/N-ethyl adjacent to an activating group) is 1. The van der Waals surface area contributed by atoms with E-state index in [1.165, 1.54) is 19.2 Å². The molecule has 146 valence electrons. The molecule has 27 heavy (non-hydrogen) atoms. The van der Waals surface area contributed by atoms with Gasteiger partial charge in [0.25, 0.3) is 0 Å². The van der Waals surface area contributed by atoms with Gasteiger partial charge in [-0.3, -0.25) is 4.79 Å². The standard InChI is InChI=1S/C19H24N2O5S/c1-6-21(27(24,25)15-10-8-7-9-11-15)14(4)18(22)16-12(2)17(19(23)26-5)20-13(16)3/h7-11,14,20H,6H2,1-5H3/t14-/m1/s1. The highest BCUT2D eigenvalue weighted by Crippen LogP contribution is 2.24. The number of Topliss-reactive ketones (excluding diaryl/α,β-unsaturated/α-hetero) is 1. The molecule has 0 radical (unpaired) electrons. The number of nitrogens with one attached hydrogen (secondary N) is 1. The molecule has 1 aromatic carbocycles. The lowest BCUT2D eigenvalue weighted by molar-refractivity contribution is 0.0594. The van der Waals surface area contributed by atoms with E-state index >= 15 is 0 Å². The first-order valence-corrected chi connectivity index (χ1v) is 9.99. The number of aromatic amines is 1. The zero-order valence-electron chi connectivity index (χ0n) is 16.1. The van der Waals surface area contributed by atoms with Crippen molar-refractivity contribution >= 4 is 21.8 Å². The van der Waals surface area contributed by atoms with Crippen LogP contribution in [-0.4, -0.2) is 49.2 Å². The molecule has 0 saturated heterocycles. The van der Waals surface area contributed by atoms with E-state index in [0.29, 0.717) is 16.8 Å². The number of hydrogen-bond acceptors (Lipinski definition) is 5. The molecule has 2 aromatic rings. The first kappa shape index (κ1) is 20.9. The number of methoxy groups -OCH3 is 1. The van der Waals surface area contributed by atoms with Crippen LogP contribution in [0.3, 0.4) is 0 Å². The SMILES string of the molecule is CCN([C@H](C)C(=O)c1c(C)[nH]c(C(=O)OC)c1C)S(=O)(=O)c1ccccc1. The minimum absolute atomic E-state index is 0.129. The monoisotopic (exact) mass is 392 g/mol. The van der Waals surface area contributed by atoms with Crippen LogP contribution in [0.4, 0.5) is 0 Å². The van der Waals surface area contributed by atoms with Crippen LogP contribution in [0.5, 0.6) is 0 Å². The Morgan fingerprint density at radius 1 is 1.19 bits per heavy atom. The van der Waals surface area contributed by atoms with Gasteiger partial charge in [-0.15, -0.1) is 0 Å². The van der Waals surface area contributed by atoms with Crippen LogP contribution in [0.1, 0.15) is 46.0 Å². The maximum Gasteiger partial charge on any atom is 0.354 e. The second-order valence-electron chi connectivity index (χ2n) is 6.18. The summed E-state index contributed by atoms with van der Waals surface area (Å²) in [6.45, 7) is 6.67. The number of aromatic nitrogens is 1. The second-order valence-corrected chi connectivity index (χ2v) is 8.07. The van der Waals surface area contributed by atoms with Crippen molar-refractivity contribution < 1.29 is 22.7 Å². The van der Waals surface area contributed by atoms with Gasteiger partial charge in [0, 0.05) is 17.8 Å². The van der Waals surface area contributed by atoms with Crippen molar-refractivity contribution in [3.63, 3.8) is 0 Å². The highest BCUT2D eigenvalue weighted by atomic mass is 32.2. The molecule has 1 aromatic heterocycles. The number of nitrogens with zero attached hydrogens (tertiary/aromatic N) is 1. The molecule has 7 nitrogen and oxygen atoms in total. The molecular weight excluding hydrogens is 368 g/mol. The smallest absolute Gasteiger partial charge is 0.354 e. The van der Waals surface area contributed by atoms with Crippen molar-refractivity contribution in [2.75, 3.05) is 13.7 Å². The van der Waals surface area contributed by atoms with Gasteiger partial charge in [0.05, 0.1) is 18.0 Å². The first-order chi connectivity index (χ1) is 12.7. The van der Waals surface area contributed by atoms with E-state index < -0.39 is 22.0 Å². The van der Waals surface area contributed by atoms with Gasteiger partial charge in [0.2, 0.25) is 10.0 Å². The van der Waals surface area contributed by atoms with Crippen LogP contribution in [0.15, 0.2) is 35.2 Å². The van der Waals surface area contributed by atoms with Crippen LogP contribution >= 0.6 is 0 Å². The van der Waals surface area contributed by atoms with Crippen molar-refractivity contribution in [3.05, 3.63) is 52.8 Å². The average Bonchev–Trinajstić information content (AvgIpc) is 2.95. The maximum atomic E-state index is 13.1. The topological polar surface area (TPSA) is 96.5 Å². The Morgan fingerprint density at radius 3 is 2.30 bits per heavy atom. The highest BCUT2D eigenvalue weighted by molar-refractivity contribution is 7.89. The van der Waals surface area contributed by atoms with Gasteiger partial charge < -0.3 is 9.72 Å². The molecule has 0 fully saturated rings. The molecule has 0 spiro atoms. The summed E-state index contributed by atoms with van der Waals surface area (Å²) in [7, 11) is -2.58. The number of carbonyl (C=O) groups is 2. The Morgan fingerprint density at radius 2 is 1.78 bits per heavy atom. The van der Waals surface area contributed by atoms with E-state index in [2.05, 4.69) is 4.98 Å². The van der Waals surface area contributed by atoms with Gasteiger partial charge in [-0.1, -0.05) is 25.1 Å². The van der Waals surface area contributed by atoms with Crippen molar-refractivity contribution in [1.82, 2.24) is 9.29 Å². The number of rotatable bonds is 7. The van der Waals surface area contributed by atoms with Gasteiger partial charge in [-0.2, -0.15) is 4.31 Å². The van der Waals surface area contributed by atoms with E-state index in [0.717, 1.165) is 4.31 Å². The third kappa shape index (κ3) is 3.81. The normalized spacial score (nSPS) is 12.8. The molecule has 1 heterocycles. The number of hydrogen-bond donors (Lipinski definition) is 1. The third-order valence-corrected chi connectivity index (χ3v) is 6.61. The van der Waals surface area contributed by atoms with Gasteiger partial charge in [0.15, 0.2) is 5.78 Å². The van der Waals surface area contributed by atoms with Crippen LogP contribution < -0.4 is 0 Å². The number of benzene rings is 1. The Kier molecular flexibility index (Phi) is 6.22. The number of esters is 1. The summed E-state index contributed by atoms with van der Waals surface area (Å²) in [5.41, 5.74) is 1.45. The number of sulfonamides is 1. The summed E-state index contributed by atoms with van der Waals surface area (Å²) in [5.74, 6) is -0.954. The Bertz CT molecular complexity index is 948. The minimum atomic E-state index is -3.83. The summed E-state index contributed by atoms with van der Waals surface area (Å²) < 4.78 is 31.8. The van der Waals surface area contributed by atoms with E-state index in [4.69, 9.17) is 4.74 Å². The first-order valence-electron chi connectivity index (χ1n) is 8.55. The van der Waals surface area contributed by atoms with E-state index in [1.807, 2.05) is 0 Å². The predicted molar refractivity (Wildman–Crippen MR) is 101 cm³/mol.